The van der Waals surface area contributed by atoms with Gasteiger partial charge in [-0.3, -0.25) is 0 Å². The Balaban J connectivity index is 2.37. The van der Waals surface area contributed by atoms with Gasteiger partial charge in [0.05, 0.1) is 5.82 Å². The average molecular weight is 167 g/mol. The fraction of sp³-hybridized carbons (Fsp3) is 0.667. The van der Waals surface area contributed by atoms with Gasteiger partial charge in [0, 0.05) is 17.7 Å². The molecule has 3 heteroatoms. The van der Waals surface area contributed by atoms with E-state index in [0.29, 0.717) is 23.5 Å². The van der Waals surface area contributed by atoms with E-state index in [1.165, 1.54) is 0 Å². The molecule has 0 atom stereocenters. The largest absolute Gasteiger partial charge is 0.385 e. The Morgan fingerprint density at radius 2 is 2.17 bits per heavy atom. The summed E-state index contributed by atoms with van der Waals surface area (Å²) in [6.45, 7) is 4.06. The Morgan fingerprint density at radius 3 is 2.58 bits per heavy atom. The molecule has 68 valence electrons. The highest BCUT2D eigenvalue weighted by molar-refractivity contribution is 5.96. The topological polar surface area (TPSA) is 61.9 Å². The van der Waals surface area contributed by atoms with E-state index < -0.39 is 0 Å². The summed E-state index contributed by atoms with van der Waals surface area (Å²) < 4.78 is 0. The lowest BCUT2D eigenvalue weighted by atomic mass is 10.2. The van der Waals surface area contributed by atoms with E-state index in [2.05, 4.69) is 5.32 Å². The number of nitrogens with one attached hydrogen (secondary N) is 2. The van der Waals surface area contributed by atoms with Crippen LogP contribution in [0.2, 0.25) is 0 Å². The van der Waals surface area contributed by atoms with Crippen LogP contribution in [0.4, 0.5) is 0 Å². The monoisotopic (exact) mass is 167 g/mol. The first-order chi connectivity index (χ1) is 5.59. The molecule has 0 aromatic carbocycles. The van der Waals surface area contributed by atoms with Gasteiger partial charge in [0.1, 0.15) is 0 Å². The highest BCUT2D eigenvalue weighted by Crippen LogP contribution is 2.30. The summed E-state index contributed by atoms with van der Waals surface area (Å²) in [5, 5.41) is 10.6. The molecule has 0 spiro atoms. The van der Waals surface area contributed by atoms with E-state index in [4.69, 9.17) is 11.1 Å². The van der Waals surface area contributed by atoms with Crippen LogP contribution in [0.25, 0.3) is 0 Å². The quantitative estimate of drug-likeness (QED) is 0.551. The molecule has 0 bridgehead atoms. The Bertz CT molecular complexity index is 202. The molecule has 0 aromatic heterocycles. The van der Waals surface area contributed by atoms with Crippen molar-refractivity contribution in [2.45, 2.75) is 32.7 Å². The highest BCUT2D eigenvalue weighted by atomic mass is 15.0. The van der Waals surface area contributed by atoms with Crippen LogP contribution in [0, 0.1) is 11.3 Å². The Hall–Kier alpha value is -0.990. The van der Waals surface area contributed by atoms with Gasteiger partial charge >= 0.3 is 0 Å². The van der Waals surface area contributed by atoms with Crippen molar-refractivity contribution in [3.05, 3.63) is 11.9 Å². The number of rotatable bonds is 4. The van der Waals surface area contributed by atoms with Crippen LogP contribution in [0.15, 0.2) is 11.9 Å². The van der Waals surface area contributed by atoms with E-state index in [-0.39, 0.29) is 0 Å². The summed E-state index contributed by atoms with van der Waals surface area (Å²) in [5.74, 6) is 1.10. The summed E-state index contributed by atoms with van der Waals surface area (Å²) in [6, 6.07) is 0.341. The second-order valence-corrected chi connectivity index (χ2v) is 3.63. The van der Waals surface area contributed by atoms with Crippen LogP contribution in [-0.4, -0.2) is 11.8 Å². The molecule has 12 heavy (non-hydrogen) atoms. The van der Waals surface area contributed by atoms with Gasteiger partial charge < -0.3 is 16.5 Å². The average Bonchev–Trinajstić information content (AvgIpc) is 2.63. The van der Waals surface area contributed by atoms with Crippen molar-refractivity contribution in [1.82, 2.24) is 5.32 Å². The minimum absolute atomic E-state index is 0.341. The second kappa shape index (κ2) is 3.61. The van der Waals surface area contributed by atoms with E-state index in [0.717, 1.165) is 12.8 Å². The van der Waals surface area contributed by atoms with Crippen molar-refractivity contribution in [2.24, 2.45) is 11.7 Å². The van der Waals surface area contributed by atoms with Gasteiger partial charge in [0.15, 0.2) is 0 Å². The lowest BCUT2D eigenvalue weighted by molar-refractivity contribution is 0.663. The predicted molar refractivity (Wildman–Crippen MR) is 51.0 cm³/mol. The molecule has 1 fully saturated rings. The van der Waals surface area contributed by atoms with Gasteiger partial charge in [-0.25, -0.2) is 0 Å². The van der Waals surface area contributed by atoms with E-state index >= 15 is 0 Å². The van der Waals surface area contributed by atoms with E-state index in [1.807, 2.05) is 13.8 Å². The van der Waals surface area contributed by atoms with Crippen molar-refractivity contribution in [2.75, 3.05) is 0 Å². The third-order valence-electron chi connectivity index (χ3n) is 1.78. The lowest BCUT2D eigenvalue weighted by Gasteiger charge is -2.09. The normalized spacial score (nSPS) is 18.1. The van der Waals surface area contributed by atoms with Gasteiger partial charge in [-0.2, -0.15) is 0 Å². The third kappa shape index (κ3) is 2.95. The van der Waals surface area contributed by atoms with Crippen molar-refractivity contribution >= 4 is 5.71 Å². The van der Waals surface area contributed by atoms with Crippen LogP contribution in [-0.2, 0) is 0 Å². The summed E-state index contributed by atoms with van der Waals surface area (Å²) in [7, 11) is 0. The number of nitrogens with two attached hydrogens (primary N) is 1. The molecule has 0 amide bonds. The zero-order valence-corrected chi connectivity index (χ0v) is 7.72. The van der Waals surface area contributed by atoms with Crippen LogP contribution in [0.1, 0.15) is 26.7 Å². The lowest BCUT2D eigenvalue weighted by Crippen LogP contribution is -2.27. The fourth-order valence-electron chi connectivity index (χ4n) is 1.05. The maximum Gasteiger partial charge on any atom is 0.0980 e. The van der Waals surface area contributed by atoms with Crippen molar-refractivity contribution in [3.63, 3.8) is 0 Å². The second-order valence-electron chi connectivity index (χ2n) is 3.63. The van der Waals surface area contributed by atoms with Crippen LogP contribution >= 0.6 is 0 Å². The van der Waals surface area contributed by atoms with E-state index in [9.17, 15) is 0 Å². The smallest absolute Gasteiger partial charge is 0.0980 e. The SMILES string of the molecule is CC(C)N/C(N)=C\C(=N)C1CC1. The molecule has 0 radical (unpaired) electrons. The summed E-state index contributed by atoms with van der Waals surface area (Å²) in [5.41, 5.74) is 6.32. The van der Waals surface area contributed by atoms with Gasteiger partial charge in [-0.05, 0) is 32.8 Å². The molecule has 0 heterocycles. The summed E-state index contributed by atoms with van der Waals surface area (Å²) in [6.07, 6.45) is 4.05. The Morgan fingerprint density at radius 1 is 1.58 bits per heavy atom. The molecule has 0 saturated heterocycles. The van der Waals surface area contributed by atoms with E-state index in [1.54, 1.807) is 6.08 Å². The number of hydrogen-bond donors (Lipinski definition) is 3. The highest BCUT2D eigenvalue weighted by Gasteiger charge is 2.24. The first-order valence-electron chi connectivity index (χ1n) is 4.41. The first kappa shape index (κ1) is 9.10. The van der Waals surface area contributed by atoms with Crippen LogP contribution < -0.4 is 11.1 Å². The molecule has 3 nitrogen and oxygen atoms in total. The Labute approximate surface area is 73.5 Å². The molecule has 1 aliphatic rings. The summed E-state index contributed by atoms with van der Waals surface area (Å²) >= 11 is 0. The van der Waals surface area contributed by atoms with Crippen molar-refractivity contribution in [3.8, 4) is 0 Å². The predicted octanol–water partition coefficient (Wildman–Crippen LogP) is 1.21. The molecule has 1 saturated carbocycles. The maximum absolute atomic E-state index is 7.58. The standard InChI is InChI=1S/C9H17N3/c1-6(2)12-9(11)5-8(10)7-3-4-7/h5-7,10,12H,3-4,11H2,1-2H3/b9-5-,10-8?. The number of hydrogen-bond acceptors (Lipinski definition) is 3. The molecule has 1 aliphatic carbocycles. The number of allylic oxidation sites excluding steroid dienone is 1. The van der Waals surface area contributed by atoms with Gasteiger partial charge in [-0.1, -0.05) is 0 Å². The molecular weight excluding hydrogens is 150 g/mol. The fourth-order valence-corrected chi connectivity index (χ4v) is 1.05. The van der Waals surface area contributed by atoms with Gasteiger partial charge in [0.25, 0.3) is 0 Å². The molecule has 0 aromatic rings. The first-order valence-corrected chi connectivity index (χ1v) is 4.41. The van der Waals surface area contributed by atoms with Gasteiger partial charge in [-0.15, -0.1) is 0 Å². The minimum Gasteiger partial charge on any atom is -0.385 e. The maximum atomic E-state index is 7.58. The van der Waals surface area contributed by atoms with Gasteiger partial charge in [0.2, 0.25) is 0 Å². The van der Waals surface area contributed by atoms with Crippen LogP contribution in [0.5, 0.6) is 0 Å². The molecule has 0 unspecified atom stereocenters. The minimum atomic E-state index is 0.341. The molecule has 1 rings (SSSR count). The molecule has 4 N–H and O–H groups in total. The molecule has 0 aliphatic heterocycles. The zero-order valence-electron chi connectivity index (χ0n) is 7.72. The molecular formula is C9H17N3. The van der Waals surface area contributed by atoms with Crippen LogP contribution in [0.3, 0.4) is 0 Å². The van der Waals surface area contributed by atoms with Crippen molar-refractivity contribution < 1.29 is 0 Å². The zero-order chi connectivity index (χ0) is 9.14. The van der Waals surface area contributed by atoms with Crippen molar-refractivity contribution in [1.29, 1.82) is 5.41 Å². The third-order valence-corrected chi connectivity index (χ3v) is 1.78. The Kier molecular flexibility index (Phi) is 2.74. The summed E-state index contributed by atoms with van der Waals surface area (Å²) in [4.78, 5) is 0.